The number of thioether (sulfide) groups is 1. The van der Waals surface area contributed by atoms with Crippen molar-refractivity contribution in [3.05, 3.63) is 35.0 Å². The molecule has 2 amide bonds. The monoisotopic (exact) mass is 310 g/mol. The fourth-order valence-corrected chi connectivity index (χ4v) is 3.90. The first-order valence-electron chi connectivity index (χ1n) is 6.48. The Bertz CT molecular complexity index is 487. The number of nitrogens with one attached hydrogen (secondary N) is 1. The molecule has 2 heterocycles. The quantitative estimate of drug-likeness (QED) is 0.866. The first-order chi connectivity index (χ1) is 9.61. The molecule has 1 saturated heterocycles. The zero-order valence-corrected chi connectivity index (χ0v) is 13.0. The van der Waals surface area contributed by atoms with Crippen molar-refractivity contribution in [2.24, 2.45) is 0 Å². The van der Waals surface area contributed by atoms with Gasteiger partial charge in [0.15, 0.2) is 0 Å². The lowest BCUT2D eigenvalue weighted by atomic mass is 10.2. The van der Waals surface area contributed by atoms with Gasteiger partial charge >= 0.3 is 0 Å². The molecule has 1 aliphatic heterocycles. The fourth-order valence-electron chi connectivity index (χ4n) is 2.05. The summed E-state index contributed by atoms with van der Waals surface area (Å²) < 4.78 is 0. The molecule has 1 aromatic heterocycles. The zero-order chi connectivity index (χ0) is 14.5. The maximum absolute atomic E-state index is 12.3. The number of thiophene rings is 1. The number of carbonyl (C=O) groups excluding carboxylic acids is 2. The van der Waals surface area contributed by atoms with Crippen molar-refractivity contribution in [3.63, 3.8) is 0 Å². The Morgan fingerprint density at radius 1 is 1.60 bits per heavy atom. The van der Waals surface area contributed by atoms with Crippen molar-refractivity contribution in [1.29, 1.82) is 0 Å². The molecule has 6 heteroatoms. The minimum Gasteiger partial charge on any atom is -0.348 e. The van der Waals surface area contributed by atoms with Gasteiger partial charge in [0.1, 0.15) is 5.25 Å². The maximum atomic E-state index is 12.3. The van der Waals surface area contributed by atoms with Crippen molar-refractivity contribution in [2.75, 3.05) is 18.8 Å². The van der Waals surface area contributed by atoms with Crippen LogP contribution < -0.4 is 5.32 Å². The molecule has 1 unspecified atom stereocenters. The summed E-state index contributed by atoms with van der Waals surface area (Å²) in [6.07, 6.45) is 1.30. The average Bonchev–Trinajstić information content (AvgIpc) is 3.00. The molecule has 1 aliphatic rings. The molecule has 0 aliphatic carbocycles. The number of carbonyl (C=O) groups is 2. The molecule has 0 saturated carbocycles. The Hall–Kier alpha value is -1.27. The molecule has 0 radical (unpaired) electrons. The molecule has 1 fully saturated rings. The van der Waals surface area contributed by atoms with Crippen molar-refractivity contribution >= 4 is 34.9 Å². The van der Waals surface area contributed by atoms with Gasteiger partial charge in [-0.2, -0.15) is 0 Å². The number of nitrogens with zero attached hydrogens (tertiary/aromatic N) is 1. The normalized spacial score (nSPS) is 20.2. The van der Waals surface area contributed by atoms with E-state index >= 15 is 0 Å². The van der Waals surface area contributed by atoms with E-state index in [0.29, 0.717) is 13.1 Å². The Labute approximate surface area is 127 Å². The predicted molar refractivity (Wildman–Crippen MR) is 83.9 cm³/mol. The number of rotatable bonds is 4. The van der Waals surface area contributed by atoms with Gasteiger partial charge in [0.25, 0.3) is 0 Å². The van der Waals surface area contributed by atoms with Crippen LogP contribution in [0.3, 0.4) is 0 Å². The van der Waals surface area contributed by atoms with E-state index < -0.39 is 0 Å². The Morgan fingerprint density at radius 3 is 3.05 bits per heavy atom. The third kappa shape index (κ3) is 3.64. The van der Waals surface area contributed by atoms with Gasteiger partial charge in [0.2, 0.25) is 11.8 Å². The van der Waals surface area contributed by atoms with Gasteiger partial charge < -0.3 is 10.2 Å². The molecule has 2 atom stereocenters. The first-order valence-corrected chi connectivity index (χ1v) is 8.41. The van der Waals surface area contributed by atoms with Gasteiger partial charge in [-0.3, -0.25) is 9.59 Å². The van der Waals surface area contributed by atoms with Crippen LogP contribution in [0.5, 0.6) is 0 Å². The summed E-state index contributed by atoms with van der Waals surface area (Å²) in [6.45, 7) is 6.60. The summed E-state index contributed by atoms with van der Waals surface area (Å²) in [7, 11) is 0. The number of hydrogen-bond acceptors (Lipinski definition) is 4. The summed E-state index contributed by atoms with van der Waals surface area (Å²) in [6, 6.07) is 3.99. The Morgan fingerprint density at radius 2 is 2.40 bits per heavy atom. The Kier molecular flexibility index (Phi) is 5.25. The van der Waals surface area contributed by atoms with E-state index in [1.54, 1.807) is 28.0 Å². The lowest BCUT2D eigenvalue weighted by molar-refractivity contribution is -0.127. The fraction of sp³-hybridized carbons (Fsp3) is 0.429. The van der Waals surface area contributed by atoms with Crippen molar-refractivity contribution < 1.29 is 9.59 Å². The first kappa shape index (κ1) is 15.1. The molecule has 4 nitrogen and oxygen atoms in total. The van der Waals surface area contributed by atoms with Gasteiger partial charge in [-0.25, -0.2) is 0 Å². The molecule has 2 rings (SSSR count). The molecule has 108 valence electrons. The van der Waals surface area contributed by atoms with Gasteiger partial charge in [-0.1, -0.05) is 12.6 Å². The topological polar surface area (TPSA) is 49.4 Å². The minimum absolute atomic E-state index is 0.00235. The standard InChI is InChI=1S/C14H18N2O2S2/c1-3-13(17)16-6-8-20-12(9-16)14(18)15-10(2)11-5-4-7-19-11/h3-5,7,10,12H,1,6,8-9H2,2H3,(H,15,18)/t10-,12?/m0/s1. The highest BCUT2D eigenvalue weighted by atomic mass is 32.2. The van der Waals surface area contributed by atoms with Gasteiger partial charge in [0, 0.05) is 23.7 Å². The highest BCUT2D eigenvalue weighted by Crippen LogP contribution is 2.22. The summed E-state index contributed by atoms with van der Waals surface area (Å²) in [5.74, 6) is 0.678. The van der Waals surface area contributed by atoms with E-state index in [0.717, 1.165) is 10.6 Å². The molecule has 0 bridgehead atoms. The molecule has 1 N–H and O–H groups in total. The van der Waals surface area contributed by atoms with Crippen LogP contribution in [0.25, 0.3) is 0 Å². The third-order valence-electron chi connectivity index (χ3n) is 3.17. The van der Waals surface area contributed by atoms with Crippen LogP contribution >= 0.6 is 23.1 Å². The largest absolute Gasteiger partial charge is 0.348 e. The van der Waals surface area contributed by atoms with Crippen LogP contribution in [0.4, 0.5) is 0 Å². The number of hydrogen-bond donors (Lipinski definition) is 1. The van der Waals surface area contributed by atoms with Crippen LogP contribution in [-0.4, -0.2) is 40.8 Å². The van der Waals surface area contributed by atoms with E-state index in [1.165, 1.54) is 6.08 Å². The SMILES string of the molecule is C=CC(=O)N1CCSC(C(=O)N[C@@H](C)c2cccs2)C1. The molecule has 0 aromatic carbocycles. The smallest absolute Gasteiger partial charge is 0.246 e. The summed E-state index contributed by atoms with van der Waals surface area (Å²) in [5.41, 5.74) is 0. The highest BCUT2D eigenvalue weighted by Gasteiger charge is 2.28. The summed E-state index contributed by atoms with van der Waals surface area (Å²) >= 11 is 3.23. The van der Waals surface area contributed by atoms with Crippen LogP contribution in [-0.2, 0) is 9.59 Å². The second-order valence-corrected chi connectivity index (χ2v) is 6.88. The van der Waals surface area contributed by atoms with Crippen LogP contribution in [0, 0.1) is 0 Å². The summed E-state index contributed by atoms with van der Waals surface area (Å²) in [5, 5.41) is 4.82. The molecular weight excluding hydrogens is 292 g/mol. The molecule has 1 aromatic rings. The third-order valence-corrected chi connectivity index (χ3v) is 5.41. The Balaban J connectivity index is 1.92. The molecule has 0 spiro atoms. The lowest BCUT2D eigenvalue weighted by Gasteiger charge is -2.31. The zero-order valence-electron chi connectivity index (χ0n) is 11.4. The van der Waals surface area contributed by atoms with E-state index in [1.807, 2.05) is 24.4 Å². The molecular formula is C14H18N2O2S2. The predicted octanol–water partition coefficient (Wildman–Crippen LogP) is 2.06. The lowest BCUT2D eigenvalue weighted by Crippen LogP contribution is -2.47. The average molecular weight is 310 g/mol. The van der Waals surface area contributed by atoms with E-state index in [2.05, 4.69) is 11.9 Å². The van der Waals surface area contributed by atoms with Crippen LogP contribution in [0.15, 0.2) is 30.2 Å². The highest BCUT2D eigenvalue weighted by molar-refractivity contribution is 8.00. The van der Waals surface area contributed by atoms with Crippen molar-refractivity contribution in [2.45, 2.75) is 18.2 Å². The van der Waals surface area contributed by atoms with Gasteiger partial charge in [-0.05, 0) is 24.4 Å². The molecule has 20 heavy (non-hydrogen) atoms. The summed E-state index contributed by atoms with van der Waals surface area (Å²) in [4.78, 5) is 26.7. The van der Waals surface area contributed by atoms with Gasteiger partial charge in [-0.15, -0.1) is 23.1 Å². The van der Waals surface area contributed by atoms with E-state index in [-0.39, 0.29) is 23.1 Å². The van der Waals surface area contributed by atoms with Crippen LogP contribution in [0.1, 0.15) is 17.8 Å². The number of amides is 2. The van der Waals surface area contributed by atoms with Gasteiger partial charge in [0.05, 0.1) is 6.04 Å². The van der Waals surface area contributed by atoms with Crippen molar-refractivity contribution in [3.8, 4) is 0 Å². The van der Waals surface area contributed by atoms with Crippen molar-refractivity contribution in [1.82, 2.24) is 10.2 Å². The minimum atomic E-state index is -0.199. The van der Waals surface area contributed by atoms with E-state index in [4.69, 9.17) is 0 Å². The second kappa shape index (κ2) is 6.95. The maximum Gasteiger partial charge on any atom is 0.246 e. The van der Waals surface area contributed by atoms with Crippen LogP contribution in [0.2, 0.25) is 0 Å². The second-order valence-electron chi connectivity index (χ2n) is 4.59. The van der Waals surface area contributed by atoms with E-state index in [9.17, 15) is 9.59 Å².